The van der Waals surface area contributed by atoms with E-state index in [4.69, 9.17) is 23.2 Å². The van der Waals surface area contributed by atoms with Gasteiger partial charge < -0.3 is 4.90 Å². The van der Waals surface area contributed by atoms with E-state index in [1.54, 1.807) is 11.3 Å². The minimum atomic E-state index is 0.319. The summed E-state index contributed by atoms with van der Waals surface area (Å²) in [7, 11) is 2.15. The molecule has 4 rings (SSSR count). The van der Waals surface area contributed by atoms with E-state index in [2.05, 4.69) is 41.0 Å². The number of hydrogen-bond donors (Lipinski definition) is 0. The van der Waals surface area contributed by atoms with Gasteiger partial charge in [0, 0.05) is 28.6 Å². The van der Waals surface area contributed by atoms with E-state index in [9.17, 15) is 0 Å². The second-order valence-corrected chi connectivity index (χ2v) is 8.92. The Bertz CT molecular complexity index is 930. The molecule has 3 aromatic rings. The highest BCUT2D eigenvalue weighted by Crippen LogP contribution is 2.43. The number of aromatic nitrogens is 2. The van der Waals surface area contributed by atoms with Gasteiger partial charge in [-0.3, -0.25) is 0 Å². The predicted octanol–water partition coefficient (Wildman–Crippen LogP) is 6.74. The third-order valence-electron chi connectivity index (χ3n) is 5.27. The third kappa shape index (κ3) is 3.30. The van der Waals surface area contributed by atoms with Crippen LogP contribution in [0.15, 0.2) is 24.3 Å². The Morgan fingerprint density at radius 2 is 1.73 bits per heavy atom. The van der Waals surface area contributed by atoms with Gasteiger partial charge >= 0.3 is 0 Å². The van der Waals surface area contributed by atoms with Gasteiger partial charge in [0.25, 0.3) is 0 Å². The number of fused-ring (bicyclic) bond motifs is 1. The predicted molar refractivity (Wildman–Crippen MR) is 113 cm³/mol. The summed E-state index contributed by atoms with van der Waals surface area (Å²) in [6.07, 6.45) is 6.31. The van der Waals surface area contributed by atoms with E-state index in [0.717, 1.165) is 26.6 Å². The average Bonchev–Trinajstić information content (AvgIpc) is 2.97. The number of aryl methyl sites for hydroxylation is 1. The lowest BCUT2D eigenvalue weighted by Gasteiger charge is -2.32. The van der Waals surface area contributed by atoms with E-state index in [0.29, 0.717) is 11.3 Å². The maximum Gasteiger partial charge on any atom is 0.225 e. The van der Waals surface area contributed by atoms with E-state index in [1.807, 2.05) is 12.1 Å². The number of nitrogens with zero attached hydrogens (tertiary/aromatic N) is 3. The van der Waals surface area contributed by atoms with Gasteiger partial charge in [-0.15, -0.1) is 11.3 Å². The standard InChI is InChI=1S/C20H21Cl2N3S/c1-12-16(13-8-10-14(21)11-9-13)17-18(23-20(22)24-19(17)26-12)25(2)15-6-4-3-5-7-15/h8-11,15H,3-7H2,1-2H3. The molecule has 1 aliphatic rings. The number of halogens is 2. The van der Waals surface area contributed by atoms with Crippen molar-refractivity contribution >= 4 is 50.6 Å². The summed E-state index contributed by atoms with van der Waals surface area (Å²) in [5, 5.41) is 2.16. The van der Waals surface area contributed by atoms with Crippen LogP contribution in [0.3, 0.4) is 0 Å². The Morgan fingerprint density at radius 1 is 1.04 bits per heavy atom. The van der Waals surface area contributed by atoms with Gasteiger partial charge in [0.2, 0.25) is 5.28 Å². The lowest BCUT2D eigenvalue weighted by Crippen LogP contribution is -2.34. The van der Waals surface area contributed by atoms with Crippen LogP contribution in [0, 0.1) is 6.92 Å². The summed E-state index contributed by atoms with van der Waals surface area (Å²) in [6, 6.07) is 8.50. The molecular formula is C20H21Cl2N3S. The zero-order valence-corrected chi connectivity index (χ0v) is 17.3. The van der Waals surface area contributed by atoms with Crippen LogP contribution in [-0.4, -0.2) is 23.1 Å². The van der Waals surface area contributed by atoms with Crippen molar-refractivity contribution in [3.63, 3.8) is 0 Å². The molecule has 0 bridgehead atoms. The van der Waals surface area contributed by atoms with Crippen LogP contribution >= 0.6 is 34.5 Å². The normalized spacial score (nSPS) is 15.5. The fourth-order valence-electron chi connectivity index (χ4n) is 3.93. The monoisotopic (exact) mass is 405 g/mol. The van der Waals surface area contributed by atoms with Crippen LogP contribution in [0.2, 0.25) is 10.3 Å². The Balaban J connectivity index is 1.90. The summed E-state index contributed by atoms with van der Waals surface area (Å²) < 4.78 is 0. The second-order valence-electron chi connectivity index (χ2n) is 6.94. The van der Waals surface area contributed by atoms with Crippen LogP contribution in [0.25, 0.3) is 21.3 Å². The van der Waals surface area contributed by atoms with Gasteiger partial charge in [-0.2, -0.15) is 4.98 Å². The molecule has 0 unspecified atom stereocenters. The zero-order chi connectivity index (χ0) is 18.3. The molecule has 6 heteroatoms. The molecule has 1 aromatic carbocycles. The third-order valence-corrected chi connectivity index (χ3v) is 6.69. The molecule has 2 heterocycles. The maximum absolute atomic E-state index is 6.28. The SMILES string of the molecule is Cc1sc2nc(Cl)nc(N(C)C3CCCCC3)c2c1-c1ccc(Cl)cc1. The van der Waals surface area contributed by atoms with Crippen molar-refractivity contribution < 1.29 is 0 Å². The van der Waals surface area contributed by atoms with Crippen molar-refractivity contribution in [2.24, 2.45) is 0 Å². The number of rotatable bonds is 3. The largest absolute Gasteiger partial charge is 0.356 e. The van der Waals surface area contributed by atoms with Crippen LogP contribution < -0.4 is 4.90 Å². The molecule has 1 saturated carbocycles. The van der Waals surface area contributed by atoms with E-state index in [1.165, 1.54) is 42.5 Å². The average molecular weight is 406 g/mol. The number of hydrogen-bond acceptors (Lipinski definition) is 4. The van der Waals surface area contributed by atoms with Gasteiger partial charge in [-0.25, -0.2) is 4.98 Å². The maximum atomic E-state index is 6.28. The van der Waals surface area contributed by atoms with Crippen molar-refractivity contribution in [2.45, 2.75) is 45.1 Å². The van der Waals surface area contributed by atoms with Crippen LogP contribution in [0.1, 0.15) is 37.0 Å². The summed E-state index contributed by atoms with van der Waals surface area (Å²) in [6.45, 7) is 2.13. The molecule has 2 aromatic heterocycles. The molecule has 0 amide bonds. The lowest BCUT2D eigenvalue weighted by atomic mass is 9.94. The highest BCUT2D eigenvalue weighted by Gasteiger charge is 2.25. The molecule has 1 aliphatic carbocycles. The minimum absolute atomic E-state index is 0.319. The summed E-state index contributed by atoms with van der Waals surface area (Å²) in [4.78, 5) is 13.7. The molecule has 3 nitrogen and oxygen atoms in total. The fourth-order valence-corrected chi connectivity index (χ4v) is 5.31. The highest BCUT2D eigenvalue weighted by molar-refractivity contribution is 7.19. The zero-order valence-electron chi connectivity index (χ0n) is 14.9. The molecule has 26 heavy (non-hydrogen) atoms. The van der Waals surface area contributed by atoms with Crippen molar-refractivity contribution in [1.29, 1.82) is 0 Å². The smallest absolute Gasteiger partial charge is 0.225 e. The first-order valence-electron chi connectivity index (χ1n) is 9.00. The van der Waals surface area contributed by atoms with Crippen LogP contribution in [-0.2, 0) is 0 Å². The Morgan fingerprint density at radius 3 is 2.42 bits per heavy atom. The van der Waals surface area contributed by atoms with Gasteiger partial charge in [-0.05, 0) is 49.1 Å². The first kappa shape index (κ1) is 18.0. The highest BCUT2D eigenvalue weighted by atomic mass is 35.5. The van der Waals surface area contributed by atoms with Crippen LogP contribution in [0.4, 0.5) is 5.82 Å². The summed E-state index contributed by atoms with van der Waals surface area (Å²) in [5.74, 6) is 0.946. The minimum Gasteiger partial charge on any atom is -0.356 e. The molecule has 0 saturated heterocycles. The van der Waals surface area contributed by atoms with Gasteiger partial charge in [0.15, 0.2) is 0 Å². The molecule has 0 radical (unpaired) electrons. The van der Waals surface area contributed by atoms with Gasteiger partial charge in [0.05, 0.1) is 5.39 Å². The Kier molecular flexibility index (Phi) is 5.09. The van der Waals surface area contributed by atoms with Crippen molar-refractivity contribution in [1.82, 2.24) is 9.97 Å². The summed E-state index contributed by atoms with van der Waals surface area (Å²) >= 11 is 14.0. The molecule has 0 aliphatic heterocycles. The van der Waals surface area contributed by atoms with Gasteiger partial charge in [0.1, 0.15) is 10.6 Å². The lowest BCUT2D eigenvalue weighted by molar-refractivity contribution is 0.426. The molecule has 0 atom stereocenters. The number of thiophene rings is 1. The molecular weight excluding hydrogens is 385 g/mol. The van der Waals surface area contributed by atoms with E-state index < -0.39 is 0 Å². The van der Waals surface area contributed by atoms with E-state index >= 15 is 0 Å². The van der Waals surface area contributed by atoms with Crippen LogP contribution in [0.5, 0.6) is 0 Å². The second kappa shape index (κ2) is 7.34. The number of benzene rings is 1. The fraction of sp³-hybridized carbons (Fsp3) is 0.400. The molecule has 0 N–H and O–H groups in total. The topological polar surface area (TPSA) is 29.0 Å². The molecule has 1 fully saturated rings. The summed E-state index contributed by atoms with van der Waals surface area (Å²) in [5.41, 5.74) is 2.33. The van der Waals surface area contributed by atoms with Crippen molar-refractivity contribution in [3.05, 3.63) is 39.4 Å². The number of anilines is 1. The van der Waals surface area contributed by atoms with E-state index in [-0.39, 0.29) is 0 Å². The first-order chi connectivity index (χ1) is 12.5. The van der Waals surface area contributed by atoms with Gasteiger partial charge in [-0.1, -0.05) is 43.0 Å². The Labute approximate surface area is 168 Å². The van der Waals surface area contributed by atoms with Crippen molar-refractivity contribution in [3.8, 4) is 11.1 Å². The Hall–Kier alpha value is -1.36. The molecule has 0 spiro atoms. The quantitative estimate of drug-likeness (QED) is 0.451. The van der Waals surface area contributed by atoms with Crippen molar-refractivity contribution in [2.75, 3.05) is 11.9 Å². The first-order valence-corrected chi connectivity index (χ1v) is 10.6. The molecule has 136 valence electrons.